The molecular weight excluding hydrogens is 322 g/mol. The van der Waals surface area contributed by atoms with Crippen molar-refractivity contribution in [2.45, 2.75) is 17.2 Å². The highest BCUT2D eigenvalue weighted by Gasteiger charge is 2.24. The number of nitrogens with one attached hydrogen (secondary N) is 2. The Bertz CT molecular complexity index is 533. The molecule has 9 heteroatoms. The molecule has 1 aliphatic rings. The molecule has 0 saturated carbocycles. The number of hydrogen-bond donors (Lipinski definition) is 2. The number of hydrogen-bond acceptors (Lipinski definition) is 5. The minimum atomic E-state index is -3.56. The predicted molar refractivity (Wildman–Crippen MR) is 80.8 cm³/mol. The first-order valence-corrected chi connectivity index (χ1v) is 8.40. The molecule has 1 aromatic heterocycles. The number of rotatable bonds is 4. The van der Waals surface area contributed by atoms with Crippen molar-refractivity contribution in [3.8, 4) is 0 Å². The maximum Gasteiger partial charge on any atom is 0.250 e. The third-order valence-corrected chi connectivity index (χ3v) is 5.79. The minimum absolute atomic E-state index is 0. The monoisotopic (exact) mass is 339 g/mol. The van der Waals surface area contributed by atoms with Crippen LogP contribution < -0.4 is 10.0 Å². The average Bonchev–Trinajstić information content (AvgIpc) is 2.91. The van der Waals surface area contributed by atoms with Crippen molar-refractivity contribution >= 4 is 39.7 Å². The Kier molecular flexibility index (Phi) is 6.41. The average molecular weight is 340 g/mol. The molecule has 1 fully saturated rings. The molecule has 0 radical (unpaired) electrons. The molecule has 0 unspecified atom stereocenters. The number of carbonyl (C=O) groups is 1. The predicted octanol–water partition coefficient (Wildman–Crippen LogP) is 0.269. The second kappa shape index (κ2) is 7.37. The van der Waals surface area contributed by atoms with Crippen LogP contribution in [0.1, 0.15) is 6.92 Å². The van der Waals surface area contributed by atoms with Crippen molar-refractivity contribution in [3.63, 3.8) is 0 Å². The van der Waals surface area contributed by atoms with E-state index in [1.165, 1.54) is 6.07 Å². The second-order valence-electron chi connectivity index (χ2n) is 4.40. The van der Waals surface area contributed by atoms with Crippen molar-refractivity contribution in [3.05, 3.63) is 17.5 Å². The van der Waals surface area contributed by atoms with Crippen LogP contribution in [0.5, 0.6) is 0 Å². The number of piperazine rings is 1. The van der Waals surface area contributed by atoms with Crippen LogP contribution in [-0.4, -0.2) is 51.4 Å². The minimum Gasteiger partial charge on any atom is -0.336 e. The van der Waals surface area contributed by atoms with Gasteiger partial charge >= 0.3 is 0 Å². The zero-order valence-corrected chi connectivity index (χ0v) is 13.5. The van der Waals surface area contributed by atoms with Crippen LogP contribution in [0.25, 0.3) is 0 Å². The van der Waals surface area contributed by atoms with Crippen LogP contribution in [-0.2, 0) is 14.8 Å². The summed E-state index contributed by atoms with van der Waals surface area (Å²) in [7, 11) is -3.56. The molecule has 1 aliphatic heterocycles. The highest BCUT2D eigenvalue weighted by atomic mass is 35.5. The van der Waals surface area contributed by atoms with Crippen molar-refractivity contribution in [2.24, 2.45) is 0 Å². The summed E-state index contributed by atoms with van der Waals surface area (Å²) < 4.78 is 26.3. The Hall–Kier alpha value is -0.670. The zero-order valence-electron chi connectivity index (χ0n) is 11.0. The van der Waals surface area contributed by atoms with Crippen LogP contribution in [0, 0.1) is 0 Å². The van der Waals surface area contributed by atoms with Gasteiger partial charge in [0.1, 0.15) is 4.21 Å². The molecular formula is C11H18ClN3O3S2. The highest BCUT2D eigenvalue weighted by Crippen LogP contribution is 2.15. The number of carbonyl (C=O) groups excluding carboxylic acids is 1. The van der Waals surface area contributed by atoms with E-state index in [0.29, 0.717) is 6.54 Å². The lowest BCUT2D eigenvalue weighted by Crippen LogP contribution is -2.54. The first-order valence-electron chi connectivity index (χ1n) is 6.04. The van der Waals surface area contributed by atoms with Gasteiger partial charge in [-0.1, -0.05) is 6.07 Å². The number of nitrogens with zero attached hydrogens (tertiary/aromatic N) is 1. The summed E-state index contributed by atoms with van der Waals surface area (Å²) in [6, 6.07) is 3.28. The van der Waals surface area contributed by atoms with E-state index >= 15 is 0 Å². The summed E-state index contributed by atoms with van der Waals surface area (Å²) in [5.74, 6) is -0.186. The van der Waals surface area contributed by atoms with Gasteiger partial charge in [-0.2, -0.15) is 0 Å². The molecule has 2 rings (SSSR count). The van der Waals surface area contributed by atoms with E-state index in [9.17, 15) is 13.2 Å². The molecule has 1 saturated heterocycles. The largest absolute Gasteiger partial charge is 0.336 e. The molecule has 1 aromatic rings. The molecule has 20 heavy (non-hydrogen) atoms. The van der Waals surface area contributed by atoms with Crippen LogP contribution in [0.3, 0.4) is 0 Å². The molecule has 2 heterocycles. The van der Waals surface area contributed by atoms with E-state index < -0.39 is 10.0 Å². The van der Waals surface area contributed by atoms with Gasteiger partial charge in [-0.05, 0) is 18.4 Å². The molecule has 1 atom stereocenters. The number of amides is 1. The van der Waals surface area contributed by atoms with E-state index in [0.717, 1.165) is 24.4 Å². The quantitative estimate of drug-likeness (QED) is 0.825. The van der Waals surface area contributed by atoms with Gasteiger partial charge in [0.2, 0.25) is 5.91 Å². The van der Waals surface area contributed by atoms with Crippen LogP contribution in [0.15, 0.2) is 21.7 Å². The fraction of sp³-hybridized carbons (Fsp3) is 0.545. The number of thiophene rings is 1. The molecule has 0 spiro atoms. The SMILES string of the molecule is C[C@H]1CNCCN1C(=O)CNS(=O)(=O)c1cccs1.Cl. The third-order valence-electron chi connectivity index (χ3n) is 2.99. The van der Waals surface area contributed by atoms with E-state index in [4.69, 9.17) is 0 Å². The van der Waals surface area contributed by atoms with Gasteiger partial charge in [-0.3, -0.25) is 4.79 Å². The molecule has 114 valence electrons. The summed E-state index contributed by atoms with van der Waals surface area (Å²) in [4.78, 5) is 13.7. The van der Waals surface area contributed by atoms with Crippen molar-refractivity contribution in [2.75, 3.05) is 26.2 Å². The van der Waals surface area contributed by atoms with E-state index in [1.54, 1.807) is 16.3 Å². The van der Waals surface area contributed by atoms with Gasteiger partial charge in [0.15, 0.2) is 0 Å². The standard InChI is InChI=1S/C11H17N3O3S2.ClH/c1-9-7-12-4-5-14(9)10(15)8-13-19(16,17)11-3-2-6-18-11;/h2-3,6,9,12-13H,4-5,7-8H2,1H3;1H/t9-;/m0./s1. The first kappa shape index (κ1) is 17.4. The van der Waals surface area contributed by atoms with Crippen LogP contribution in [0.4, 0.5) is 0 Å². The molecule has 6 nitrogen and oxygen atoms in total. The van der Waals surface area contributed by atoms with E-state index in [-0.39, 0.29) is 35.1 Å². The van der Waals surface area contributed by atoms with Gasteiger partial charge in [0.25, 0.3) is 10.0 Å². The van der Waals surface area contributed by atoms with Gasteiger partial charge < -0.3 is 10.2 Å². The summed E-state index contributed by atoms with van der Waals surface area (Å²) in [5, 5.41) is 4.87. The number of halogens is 1. The van der Waals surface area contributed by atoms with Gasteiger partial charge in [-0.15, -0.1) is 23.7 Å². The molecule has 0 aliphatic carbocycles. The maximum absolute atomic E-state index is 12.0. The Morgan fingerprint density at radius 1 is 1.60 bits per heavy atom. The van der Waals surface area contributed by atoms with Crippen molar-refractivity contribution < 1.29 is 13.2 Å². The smallest absolute Gasteiger partial charge is 0.250 e. The van der Waals surface area contributed by atoms with E-state index in [2.05, 4.69) is 10.0 Å². The summed E-state index contributed by atoms with van der Waals surface area (Å²) in [6.07, 6.45) is 0. The number of sulfonamides is 1. The Morgan fingerprint density at radius 3 is 2.95 bits per heavy atom. The Balaban J connectivity index is 0.00000200. The summed E-state index contributed by atoms with van der Waals surface area (Å²) in [5.41, 5.74) is 0. The normalized spacial score (nSPS) is 19.4. The Labute approximate surface area is 129 Å². The molecule has 1 amide bonds. The second-order valence-corrected chi connectivity index (χ2v) is 7.34. The van der Waals surface area contributed by atoms with Gasteiger partial charge in [-0.25, -0.2) is 13.1 Å². The Morgan fingerprint density at radius 2 is 2.35 bits per heavy atom. The fourth-order valence-corrected chi connectivity index (χ4v) is 3.97. The van der Waals surface area contributed by atoms with Crippen molar-refractivity contribution in [1.82, 2.24) is 14.9 Å². The summed E-state index contributed by atoms with van der Waals surface area (Å²) >= 11 is 1.13. The first-order chi connectivity index (χ1) is 9.00. The molecule has 0 bridgehead atoms. The molecule has 2 N–H and O–H groups in total. The molecule has 0 aromatic carbocycles. The van der Waals surface area contributed by atoms with Crippen molar-refractivity contribution in [1.29, 1.82) is 0 Å². The lowest BCUT2D eigenvalue weighted by atomic mass is 10.2. The van der Waals surface area contributed by atoms with Crippen LogP contribution in [0.2, 0.25) is 0 Å². The van der Waals surface area contributed by atoms with Gasteiger partial charge in [0.05, 0.1) is 6.54 Å². The van der Waals surface area contributed by atoms with Crippen LogP contribution >= 0.6 is 23.7 Å². The fourth-order valence-electron chi connectivity index (χ4n) is 1.96. The zero-order chi connectivity index (χ0) is 13.9. The summed E-state index contributed by atoms with van der Waals surface area (Å²) in [6.45, 7) is 3.85. The van der Waals surface area contributed by atoms with E-state index in [1.807, 2.05) is 6.92 Å². The lowest BCUT2D eigenvalue weighted by Gasteiger charge is -2.34. The van der Waals surface area contributed by atoms with Gasteiger partial charge in [0, 0.05) is 25.7 Å². The topological polar surface area (TPSA) is 78.5 Å². The lowest BCUT2D eigenvalue weighted by molar-refractivity contribution is -0.132. The highest BCUT2D eigenvalue weighted by molar-refractivity contribution is 7.91. The third kappa shape index (κ3) is 4.16. The maximum atomic E-state index is 12.0.